The SMILES string of the molecule is COc1nc2ccccc2cc1-c1cnc(CCCCCCC(N)=O)[nH]1.NC(=O)c1cccc(-n2cccn2)c1. The number of nitrogens with two attached hydrogens (primary N) is 2. The Morgan fingerprint density at radius 3 is 2.55 bits per heavy atom. The van der Waals surface area contributed by atoms with Gasteiger partial charge in [0.15, 0.2) is 0 Å². The third-order valence-electron chi connectivity index (χ3n) is 6.29. The maximum absolute atomic E-state index is 10.9. The Morgan fingerprint density at radius 1 is 0.975 bits per heavy atom. The van der Waals surface area contributed by atoms with Crippen molar-refractivity contribution < 1.29 is 14.3 Å². The van der Waals surface area contributed by atoms with E-state index in [2.05, 4.69) is 26.1 Å². The molecular formula is C30H33N7O3. The molecule has 0 atom stereocenters. The number of pyridine rings is 1. The van der Waals surface area contributed by atoms with Gasteiger partial charge in [-0.25, -0.2) is 14.6 Å². The topological polar surface area (TPSA) is 155 Å². The van der Waals surface area contributed by atoms with Crippen molar-refractivity contribution in [3.8, 4) is 22.8 Å². The zero-order valence-corrected chi connectivity index (χ0v) is 22.4. The number of hydrogen-bond donors (Lipinski definition) is 3. The van der Waals surface area contributed by atoms with E-state index >= 15 is 0 Å². The Kier molecular flexibility index (Phi) is 9.60. The summed E-state index contributed by atoms with van der Waals surface area (Å²) in [4.78, 5) is 34.1. The van der Waals surface area contributed by atoms with Gasteiger partial charge in [-0.1, -0.05) is 37.1 Å². The predicted molar refractivity (Wildman–Crippen MR) is 154 cm³/mol. The number of primary amides is 2. The van der Waals surface area contributed by atoms with Crippen LogP contribution in [-0.4, -0.2) is 43.7 Å². The maximum atomic E-state index is 10.9. The van der Waals surface area contributed by atoms with Gasteiger partial charge in [0.2, 0.25) is 17.7 Å². The fraction of sp³-hybridized carbons (Fsp3) is 0.233. The van der Waals surface area contributed by atoms with Crippen LogP contribution in [0.4, 0.5) is 0 Å². The molecule has 5 aromatic rings. The van der Waals surface area contributed by atoms with Crippen LogP contribution in [0.2, 0.25) is 0 Å². The van der Waals surface area contributed by atoms with Crippen LogP contribution in [-0.2, 0) is 11.2 Å². The number of benzene rings is 2. The van der Waals surface area contributed by atoms with E-state index in [-0.39, 0.29) is 5.91 Å². The van der Waals surface area contributed by atoms with Gasteiger partial charge in [0.05, 0.1) is 35.8 Å². The molecule has 206 valence electrons. The van der Waals surface area contributed by atoms with Gasteiger partial charge in [-0.05, 0) is 49.2 Å². The van der Waals surface area contributed by atoms with Crippen molar-refractivity contribution in [3.63, 3.8) is 0 Å². The molecular weight excluding hydrogens is 506 g/mol. The normalized spacial score (nSPS) is 10.6. The molecule has 0 unspecified atom stereocenters. The fourth-order valence-corrected chi connectivity index (χ4v) is 4.24. The van der Waals surface area contributed by atoms with Crippen LogP contribution < -0.4 is 16.2 Å². The first kappa shape index (κ1) is 28.0. The monoisotopic (exact) mass is 539 g/mol. The number of unbranched alkanes of at least 4 members (excludes halogenated alkanes) is 3. The molecule has 10 heteroatoms. The minimum atomic E-state index is -0.431. The molecule has 5 rings (SSSR count). The van der Waals surface area contributed by atoms with Gasteiger partial charge in [0.1, 0.15) is 5.82 Å². The fourth-order valence-electron chi connectivity index (χ4n) is 4.24. The lowest BCUT2D eigenvalue weighted by Crippen LogP contribution is -2.11. The molecule has 3 heterocycles. The van der Waals surface area contributed by atoms with E-state index in [4.69, 9.17) is 16.2 Å². The molecule has 0 spiro atoms. The highest BCUT2D eigenvalue weighted by Gasteiger charge is 2.12. The van der Waals surface area contributed by atoms with E-state index in [0.717, 1.165) is 65.8 Å². The summed E-state index contributed by atoms with van der Waals surface area (Å²) in [5.41, 5.74) is 14.3. The number of imidazole rings is 1. The van der Waals surface area contributed by atoms with E-state index < -0.39 is 5.91 Å². The van der Waals surface area contributed by atoms with Crippen molar-refractivity contribution in [1.82, 2.24) is 24.7 Å². The molecule has 0 aliphatic carbocycles. The van der Waals surface area contributed by atoms with E-state index in [0.29, 0.717) is 17.9 Å². The van der Waals surface area contributed by atoms with Gasteiger partial charge in [-0.3, -0.25) is 9.59 Å². The highest BCUT2D eigenvalue weighted by Crippen LogP contribution is 2.30. The van der Waals surface area contributed by atoms with Crippen LogP contribution in [0.25, 0.3) is 27.8 Å². The number of carbonyl (C=O) groups excluding carboxylic acids is 2. The molecule has 2 amide bonds. The Hall–Kier alpha value is -4.99. The molecule has 0 radical (unpaired) electrons. The second-order valence-corrected chi connectivity index (χ2v) is 9.23. The first-order valence-electron chi connectivity index (χ1n) is 13.1. The number of aryl methyl sites for hydroxylation is 1. The number of aromatic nitrogens is 5. The van der Waals surface area contributed by atoms with Crippen LogP contribution in [0, 0.1) is 0 Å². The number of amides is 2. The number of carbonyl (C=O) groups is 2. The number of para-hydroxylation sites is 1. The number of ether oxygens (including phenoxy) is 1. The van der Waals surface area contributed by atoms with Crippen LogP contribution >= 0.6 is 0 Å². The lowest BCUT2D eigenvalue weighted by Gasteiger charge is -2.07. The maximum Gasteiger partial charge on any atom is 0.248 e. The number of H-pyrrole nitrogens is 1. The van der Waals surface area contributed by atoms with Gasteiger partial charge in [-0.15, -0.1) is 0 Å². The van der Waals surface area contributed by atoms with Crippen molar-refractivity contribution >= 4 is 22.7 Å². The molecule has 10 nitrogen and oxygen atoms in total. The quantitative estimate of drug-likeness (QED) is 0.209. The van der Waals surface area contributed by atoms with Crippen LogP contribution in [0.3, 0.4) is 0 Å². The molecule has 0 saturated heterocycles. The highest BCUT2D eigenvalue weighted by atomic mass is 16.5. The van der Waals surface area contributed by atoms with Crippen molar-refractivity contribution in [2.75, 3.05) is 7.11 Å². The number of nitrogens with one attached hydrogen (secondary N) is 1. The lowest BCUT2D eigenvalue weighted by atomic mass is 10.1. The third-order valence-corrected chi connectivity index (χ3v) is 6.29. The van der Waals surface area contributed by atoms with Gasteiger partial charge >= 0.3 is 0 Å². The average Bonchev–Trinajstić information content (AvgIpc) is 3.67. The van der Waals surface area contributed by atoms with E-state index in [1.54, 1.807) is 42.4 Å². The van der Waals surface area contributed by atoms with Crippen molar-refractivity contribution in [2.24, 2.45) is 11.5 Å². The van der Waals surface area contributed by atoms with Crippen LogP contribution in [0.1, 0.15) is 48.3 Å². The zero-order valence-electron chi connectivity index (χ0n) is 22.4. The summed E-state index contributed by atoms with van der Waals surface area (Å²) in [7, 11) is 1.63. The summed E-state index contributed by atoms with van der Waals surface area (Å²) in [6.45, 7) is 0. The molecule has 3 aromatic heterocycles. The number of methoxy groups -OCH3 is 1. The smallest absolute Gasteiger partial charge is 0.248 e. The minimum Gasteiger partial charge on any atom is -0.480 e. The summed E-state index contributed by atoms with van der Waals surface area (Å²) in [5, 5.41) is 5.12. The number of aromatic amines is 1. The predicted octanol–water partition coefficient (Wildman–Crippen LogP) is 4.58. The summed E-state index contributed by atoms with van der Waals surface area (Å²) in [5.74, 6) is 0.882. The standard InChI is InChI=1S/C20H24N4O2.C10H9N3O/c1-26-20-15(12-14-8-6-7-9-16(14)24-20)17-13-22-19(23-17)11-5-3-2-4-10-18(21)25;11-10(14)8-3-1-4-9(7-8)13-6-2-5-12-13/h6-9,12-13H,2-5,10-11H2,1H3,(H2,21,25)(H,22,23);1-7H,(H2,11,14). The Balaban J connectivity index is 0.000000222. The molecule has 2 aromatic carbocycles. The van der Waals surface area contributed by atoms with Gasteiger partial charge in [-0.2, -0.15) is 5.10 Å². The summed E-state index contributed by atoms with van der Waals surface area (Å²) < 4.78 is 7.14. The Morgan fingerprint density at radius 2 is 1.80 bits per heavy atom. The third kappa shape index (κ3) is 7.53. The number of fused-ring (bicyclic) bond motifs is 1. The number of rotatable bonds is 11. The molecule has 0 bridgehead atoms. The largest absolute Gasteiger partial charge is 0.480 e. The van der Waals surface area contributed by atoms with Crippen molar-refractivity contribution in [3.05, 3.63) is 90.6 Å². The van der Waals surface area contributed by atoms with Gasteiger partial charge in [0, 0.05) is 36.2 Å². The van der Waals surface area contributed by atoms with Crippen LogP contribution in [0.5, 0.6) is 5.88 Å². The summed E-state index contributed by atoms with van der Waals surface area (Å²) in [6, 6.07) is 18.9. The summed E-state index contributed by atoms with van der Waals surface area (Å²) >= 11 is 0. The number of hydrogen-bond acceptors (Lipinski definition) is 6. The molecule has 40 heavy (non-hydrogen) atoms. The van der Waals surface area contributed by atoms with Gasteiger partial charge < -0.3 is 21.2 Å². The molecule has 5 N–H and O–H groups in total. The number of nitrogens with zero attached hydrogens (tertiary/aromatic N) is 4. The van der Waals surface area contributed by atoms with Crippen molar-refractivity contribution in [2.45, 2.75) is 38.5 Å². The summed E-state index contributed by atoms with van der Waals surface area (Å²) in [6.07, 6.45) is 10.6. The van der Waals surface area contributed by atoms with Crippen LogP contribution in [0.15, 0.2) is 79.3 Å². The molecule has 0 aliphatic heterocycles. The van der Waals surface area contributed by atoms with E-state index in [1.807, 2.05) is 42.6 Å². The minimum absolute atomic E-state index is 0.224. The first-order chi connectivity index (χ1) is 19.4. The molecule has 0 fully saturated rings. The Bertz CT molecular complexity index is 1560. The second kappa shape index (κ2) is 13.7. The first-order valence-corrected chi connectivity index (χ1v) is 13.1. The van der Waals surface area contributed by atoms with E-state index in [9.17, 15) is 9.59 Å². The van der Waals surface area contributed by atoms with Gasteiger partial charge in [0.25, 0.3) is 0 Å². The second-order valence-electron chi connectivity index (χ2n) is 9.23. The lowest BCUT2D eigenvalue weighted by molar-refractivity contribution is -0.118. The highest BCUT2D eigenvalue weighted by molar-refractivity contribution is 5.93. The molecule has 0 aliphatic rings. The van der Waals surface area contributed by atoms with E-state index in [1.165, 1.54) is 0 Å². The zero-order chi connectivity index (χ0) is 28.3. The average molecular weight is 540 g/mol. The Labute approximate surface area is 232 Å². The molecule has 0 saturated carbocycles. The van der Waals surface area contributed by atoms with Crippen molar-refractivity contribution in [1.29, 1.82) is 0 Å².